The summed E-state index contributed by atoms with van der Waals surface area (Å²) in [6.45, 7) is 0.269. The Hall–Kier alpha value is -1.54. The molecule has 1 aliphatic heterocycles. The number of hydrogen-bond donors (Lipinski definition) is 7. The molecule has 4 unspecified atom stereocenters. The Labute approximate surface area is 177 Å². The van der Waals surface area contributed by atoms with E-state index in [2.05, 4.69) is 30.1 Å². The minimum absolute atomic E-state index is 0.541. The number of rotatable bonds is 8. The summed E-state index contributed by atoms with van der Waals surface area (Å²) in [7, 11) is -16.9. The number of nitrogens with one attached hydrogen (secondary N) is 1. The zero-order valence-corrected chi connectivity index (χ0v) is 18.4. The summed E-state index contributed by atoms with van der Waals surface area (Å²) in [4.78, 5) is 60.8. The van der Waals surface area contributed by atoms with E-state index >= 15 is 0 Å². The summed E-state index contributed by atoms with van der Waals surface area (Å²) in [5.74, 6) is 4.80. The summed E-state index contributed by atoms with van der Waals surface area (Å²) >= 11 is 0. The van der Waals surface area contributed by atoms with Crippen LogP contribution < -0.4 is 17.0 Å². The van der Waals surface area contributed by atoms with Gasteiger partial charge in [0.2, 0.25) is 0 Å². The van der Waals surface area contributed by atoms with Crippen LogP contribution in [0, 0.1) is 11.8 Å². The van der Waals surface area contributed by atoms with Crippen LogP contribution in [0.3, 0.4) is 0 Å². The number of ether oxygens (including phenoxy) is 1. The Morgan fingerprint density at radius 1 is 1.25 bits per heavy atom. The molecule has 180 valence electrons. The molecule has 0 aliphatic carbocycles. The number of aliphatic hydroxyl groups excluding tert-OH is 1. The zero-order chi connectivity index (χ0) is 24.5. The molecular weight excluding hydrogens is 505 g/mol. The van der Waals surface area contributed by atoms with Crippen molar-refractivity contribution in [1.82, 2.24) is 14.8 Å². The molecule has 6 atom stereocenters. The van der Waals surface area contributed by atoms with E-state index in [1.807, 2.05) is 4.98 Å². The van der Waals surface area contributed by atoms with Crippen LogP contribution in [0.15, 0.2) is 15.8 Å². The third kappa shape index (κ3) is 6.50. The van der Waals surface area contributed by atoms with Crippen LogP contribution in [0.1, 0.15) is 13.2 Å². The highest BCUT2D eigenvalue weighted by atomic mass is 31.3. The fraction of sp³-hybridized carbons (Fsp3) is 0.545. The molecule has 1 aromatic rings. The van der Waals surface area contributed by atoms with Crippen molar-refractivity contribution >= 4 is 23.5 Å². The maximum atomic E-state index is 12.0. The number of phosphoric ester groups is 1. The van der Waals surface area contributed by atoms with Crippen molar-refractivity contribution in [3.05, 3.63) is 27.0 Å². The first kappa shape index (κ1) is 26.7. The van der Waals surface area contributed by atoms with Crippen molar-refractivity contribution in [2.45, 2.75) is 30.9 Å². The second-order valence-corrected chi connectivity index (χ2v) is 10.5. The Balaban J connectivity index is 2.24. The van der Waals surface area contributed by atoms with E-state index in [1.165, 1.54) is 6.92 Å². The smallest absolute Gasteiger partial charge is 0.387 e. The molecule has 0 saturated carbocycles. The maximum absolute atomic E-state index is 12.0. The van der Waals surface area contributed by atoms with Gasteiger partial charge in [-0.2, -0.15) is 18.4 Å². The molecule has 32 heavy (non-hydrogen) atoms. The van der Waals surface area contributed by atoms with Crippen LogP contribution in [0.4, 0.5) is 0 Å². The molecule has 2 heterocycles. The first-order valence-electron chi connectivity index (χ1n) is 8.02. The van der Waals surface area contributed by atoms with Crippen molar-refractivity contribution in [2.24, 2.45) is 5.73 Å². The monoisotopic (exact) mass is 522 g/mol. The molecular formula is C11H17N4O14P3. The molecule has 0 bridgehead atoms. The van der Waals surface area contributed by atoms with E-state index in [-0.39, 0.29) is 0 Å². The minimum atomic E-state index is -5.76. The third-order valence-electron chi connectivity index (χ3n) is 3.67. The average Bonchev–Trinajstić information content (AvgIpc) is 2.82. The van der Waals surface area contributed by atoms with Gasteiger partial charge in [0.15, 0.2) is 11.8 Å². The van der Waals surface area contributed by atoms with Gasteiger partial charge in [-0.25, -0.2) is 18.5 Å². The molecule has 0 amide bonds. The number of nitrogens with two attached hydrogens (primary N) is 1. The molecule has 0 spiro atoms. The Morgan fingerprint density at radius 2 is 1.88 bits per heavy atom. The lowest BCUT2D eigenvalue weighted by Crippen LogP contribution is -2.55. The van der Waals surface area contributed by atoms with Crippen molar-refractivity contribution in [1.29, 1.82) is 0 Å². The number of aromatic nitrogens is 3. The SMILES string of the molecule is CC#CC1(N)C(O)[C@@H](COP(=O)(O)OP(=O)(O)OP(=O)(O)O)O[C@H]1n1ncc(=O)[nH]c1=O. The number of nitrogens with zero attached hydrogens (tertiary/aromatic N) is 2. The van der Waals surface area contributed by atoms with E-state index in [4.69, 9.17) is 25.2 Å². The van der Waals surface area contributed by atoms with Crippen LogP contribution >= 0.6 is 23.5 Å². The highest BCUT2D eigenvalue weighted by Crippen LogP contribution is 2.66. The first-order chi connectivity index (χ1) is 14.5. The van der Waals surface area contributed by atoms with E-state index < -0.39 is 65.3 Å². The number of hydrogen-bond acceptors (Lipinski definition) is 12. The van der Waals surface area contributed by atoms with Crippen molar-refractivity contribution < 1.29 is 56.3 Å². The van der Waals surface area contributed by atoms with Gasteiger partial charge < -0.3 is 35.2 Å². The summed E-state index contributed by atoms with van der Waals surface area (Å²) in [6.07, 6.45) is -4.36. The molecule has 2 rings (SSSR count). The van der Waals surface area contributed by atoms with Crippen LogP contribution in [-0.4, -0.2) is 63.8 Å². The second-order valence-electron chi connectivity index (χ2n) is 6.05. The standard InChI is InChI=1S/C11H17N4O14P3/c1-2-3-11(12)8(17)6(27-9(11)15-10(18)14-7(16)4-13-15)5-26-31(22,23)29-32(24,25)28-30(19,20)21/h4,6,8-9,17H,5,12H2,1H3,(H,22,23)(H,24,25)(H,14,16,18)(H2,19,20,21)/t6-,8?,9-,11?/m1/s1. The van der Waals surface area contributed by atoms with Gasteiger partial charge in [-0.05, 0) is 6.92 Å². The Kier molecular flexibility index (Phi) is 7.82. The Morgan fingerprint density at radius 3 is 2.41 bits per heavy atom. The first-order valence-corrected chi connectivity index (χ1v) is 12.5. The van der Waals surface area contributed by atoms with Gasteiger partial charge in [-0.3, -0.25) is 14.3 Å². The molecule has 18 nitrogen and oxygen atoms in total. The van der Waals surface area contributed by atoms with E-state index in [0.29, 0.717) is 10.9 Å². The summed E-state index contributed by atoms with van der Waals surface area (Å²) in [5, 5.41) is 14.1. The summed E-state index contributed by atoms with van der Waals surface area (Å²) in [5.41, 5.74) is 2.06. The van der Waals surface area contributed by atoms with Crippen molar-refractivity contribution in [2.75, 3.05) is 6.61 Å². The summed E-state index contributed by atoms with van der Waals surface area (Å²) < 4.78 is 51.3. The van der Waals surface area contributed by atoms with Crippen LogP contribution in [0.2, 0.25) is 0 Å². The molecule has 1 aromatic heterocycles. The second kappa shape index (κ2) is 9.37. The molecule has 0 radical (unpaired) electrons. The minimum Gasteiger partial charge on any atom is -0.387 e. The van der Waals surface area contributed by atoms with Gasteiger partial charge in [0.25, 0.3) is 5.56 Å². The van der Waals surface area contributed by atoms with Gasteiger partial charge in [-0.1, -0.05) is 5.92 Å². The van der Waals surface area contributed by atoms with Crippen LogP contribution in [0.25, 0.3) is 0 Å². The van der Waals surface area contributed by atoms with Gasteiger partial charge >= 0.3 is 29.2 Å². The van der Waals surface area contributed by atoms with Crippen molar-refractivity contribution in [3.8, 4) is 11.8 Å². The Bertz CT molecular complexity index is 1180. The zero-order valence-electron chi connectivity index (χ0n) is 15.7. The molecule has 1 saturated heterocycles. The largest absolute Gasteiger partial charge is 0.490 e. The third-order valence-corrected chi connectivity index (χ3v) is 7.48. The normalized spacial score (nSPS) is 29.5. The van der Waals surface area contributed by atoms with Gasteiger partial charge in [-0.15, -0.1) is 5.92 Å². The number of aliphatic hydroxyl groups is 1. The van der Waals surface area contributed by atoms with E-state index in [9.17, 15) is 33.3 Å². The summed E-state index contributed by atoms with van der Waals surface area (Å²) in [6, 6.07) is 0. The lowest BCUT2D eigenvalue weighted by atomic mass is 9.92. The molecule has 1 fully saturated rings. The highest BCUT2D eigenvalue weighted by molar-refractivity contribution is 7.66. The van der Waals surface area contributed by atoms with Crippen LogP contribution in [-0.2, 0) is 31.6 Å². The van der Waals surface area contributed by atoms with Crippen molar-refractivity contribution in [3.63, 3.8) is 0 Å². The molecule has 21 heteroatoms. The fourth-order valence-corrected chi connectivity index (χ4v) is 5.58. The quantitative estimate of drug-likeness (QED) is 0.135. The van der Waals surface area contributed by atoms with E-state index in [1.54, 1.807) is 0 Å². The topological polar surface area (TPSA) is 283 Å². The number of phosphoric acid groups is 3. The van der Waals surface area contributed by atoms with Gasteiger partial charge in [0.05, 0.1) is 6.61 Å². The molecule has 8 N–H and O–H groups in total. The maximum Gasteiger partial charge on any atom is 0.490 e. The predicted octanol–water partition coefficient (Wildman–Crippen LogP) is -2.75. The number of H-pyrrole nitrogens is 1. The van der Waals surface area contributed by atoms with Gasteiger partial charge in [0, 0.05) is 0 Å². The molecule has 1 aliphatic rings. The fourth-order valence-electron chi connectivity index (χ4n) is 2.55. The average molecular weight is 522 g/mol. The van der Waals surface area contributed by atoms with Gasteiger partial charge in [0.1, 0.15) is 18.4 Å². The lowest BCUT2D eigenvalue weighted by Gasteiger charge is -2.26. The van der Waals surface area contributed by atoms with E-state index in [0.717, 1.165) is 0 Å². The predicted molar refractivity (Wildman–Crippen MR) is 99.2 cm³/mol. The van der Waals surface area contributed by atoms with Crippen LogP contribution in [0.5, 0.6) is 0 Å². The highest BCUT2D eigenvalue weighted by Gasteiger charge is 2.56. The molecule has 0 aromatic carbocycles. The lowest BCUT2D eigenvalue weighted by molar-refractivity contribution is -0.0520. The number of aromatic amines is 1.